The van der Waals surface area contributed by atoms with Gasteiger partial charge in [-0.3, -0.25) is 4.79 Å². The predicted octanol–water partition coefficient (Wildman–Crippen LogP) is 0.252. The molecule has 1 aromatic carbocycles. The summed E-state index contributed by atoms with van der Waals surface area (Å²) in [6.45, 7) is 7.84. The molecule has 0 radical (unpaired) electrons. The van der Waals surface area contributed by atoms with Crippen LogP contribution < -0.4 is 4.90 Å². The van der Waals surface area contributed by atoms with Crippen molar-refractivity contribution in [3.63, 3.8) is 0 Å². The topological polar surface area (TPSA) is 21.5 Å². The highest BCUT2D eigenvalue weighted by molar-refractivity contribution is 6.30. The highest BCUT2D eigenvalue weighted by atomic mass is 35.5. The molecule has 0 unspecified atom stereocenters. The maximum atomic E-state index is 12.3. The molecule has 4 rings (SSSR count). The fourth-order valence-corrected chi connectivity index (χ4v) is 3.29. The third-order valence-electron chi connectivity index (χ3n) is 4.46. The van der Waals surface area contributed by atoms with E-state index in [1.54, 1.807) is 17.0 Å². The Labute approximate surface area is 113 Å². The highest BCUT2D eigenvalue weighted by Crippen LogP contribution is 2.15. The van der Waals surface area contributed by atoms with Gasteiger partial charge in [0.1, 0.15) is 45.8 Å². The lowest BCUT2D eigenvalue weighted by Gasteiger charge is -2.47. The summed E-state index contributed by atoms with van der Waals surface area (Å²) in [5.74, 6) is 0.261. The van der Waals surface area contributed by atoms with Crippen LogP contribution in [0.15, 0.2) is 24.3 Å². The van der Waals surface area contributed by atoms with Crippen molar-refractivity contribution in [1.29, 1.82) is 0 Å². The number of carbonyl (C=O) groups is 1. The van der Waals surface area contributed by atoms with Crippen LogP contribution in [0.4, 0.5) is 0 Å². The van der Waals surface area contributed by atoms with Crippen LogP contribution in [0.5, 0.6) is 0 Å². The third kappa shape index (κ3) is 2.30. The van der Waals surface area contributed by atoms with Crippen LogP contribution in [0, 0.1) is 0 Å². The van der Waals surface area contributed by atoms with Gasteiger partial charge >= 0.3 is 0 Å². The summed E-state index contributed by atoms with van der Waals surface area (Å²) in [6.07, 6.45) is 0. The van der Waals surface area contributed by atoms with E-state index < -0.39 is 0 Å². The Morgan fingerprint density at radius 3 is 2.22 bits per heavy atom. The van der Waals surface area contributed by atoms with E-state index in [0.29, 0.717) is 11.6 Å². The summed E-state index contributed by atoms with van der Waals surface area (Å²) in [5.41, 5.74) is 0.798. The number of piperazine rings is 3. The lowest BCUT2D eigenvalue weighted by atomic mass is 10.1. The van der Waals surface area contributed by atoms with Crippen LogP contribution in [-0.2, 0) is 0 Å². The molecule has 1 aromatic rings. The number of hydrogen-bond acceptors (Lipinski definition) is 1. The fraction of sp³-hybridized carbons (Fsp3) is 0.500. The largest absolute Gasteiger partial charge is 0.321 e. The van der Waals surface area contributed by atoms with Gasteiger partial charge in [-0.1, -0.05) is 11.6 Å². The molecule has 3 saturated heterocycles. The van der Waals surface area contributed by atoms with Gasteiger partial charge < -0.3 is 9.38 Å². The average molecular weight is 267 g/mol. The highest BCUT2D eigenvalue weighted by Gasteiger charge is 2.42. The predicted molar refractivity (Wildman–Crippen MR) is 71.1 cm³/mol. The Morgan fingerprint density at radius 1 is 1.11 bits per heavy atom. The van der Waals surface area contributed by atoms with Gasteiger partial charge in [0.2, 0.25) is 5.78 Å². The van der Waals surface area contributed by atoms with Gasteiger partial charge in [-0.05, 0) is 24.3 Å². The molecule has 1 N–H and O–H groups in total. The summed E-state index contributed by atoms with van der Waals surface area (Å²) in [4.78, 5) is 14.1. The van der Waals surface area contributed by atoms with Crippen molar-refractivity contribution in [1.82, 2.24) is 0 Å². The minimum Gasteiger partial charge on any atom is -0.321 e. The Kier molecular flexibility index (Phi) is 3.14. The van der Waals surface area contributed by atoms with Gasteiger partial charge in [-0.2, -0.15) is 0 Å². The van der Waals surface area contributed by atoms with Crippen molar-refractivity contribution in [2.45, 2.75) is 0 Å². The second-order valence-corrected chi connectivity index (χ2v) is 6.04. The summed E-state index contributed by atoms with van der Waals surface area (Å²) in [7, 11) is 0. The van der Waals surface area contributed by atoms with Crippen LogP contribution in [0.25, 0.3) is 0 Å². The second kappa shape index (κ2) is 4.65. The van der Waals surface area contributed by atoms with Gasteiger partial charge in [0, 0.05) is 10.6 Å². The standard InChI is InChI=1S/C14H18ClN2O/c15-13-3-1-12(2-4-13)14(18)11-17-8-5-16(6-9-17)7-10-17/h1-4H,5-11H2/q+1/p+1. The molecule has 0 aliphatic carbocycles. The Bertz CT molecular complexity index is 436. The maximum absolute atomic E-state index is 12.3. The number of carbonyl (C=O) groups excluding carboxylic acids is 1. The molecule has 0 atom stereocenters. The minimum absolute atomic E-state index is 0.261. The smallest absolute Gasteiger partial charge is 0.216 e. The summed E-state index contributed by atoms with van der Waals surface area (Å²) in [5, 5.41) is 0.689. The molecule has 3 aliphatic rings. The molecule has 4 heteroatoms. The van der Waals surface area contributed by atoms with Crippen LogP contribution in [0.3, 0.4) is 0 Å². The number of halogens is 1. The molecule has 96 valence electrons. The van der Waals surface area contributed by atoms with Crippen LogP contribution in [-0.4, -0.2) is 56.1 Å². The SMILES string of the molecule is O=C(C[N+]12CC[NH+](CC1)CC2)c1ccc(Cl)cc1. The molecule has 3 fully saturated rings. The van der Waals surface area contributed by atoms with Gasteiger partial charge in [-0.25, -0.2) is 0 Å². The van der Waals surface area contributed by atoms with E-state index in [2.05, 4.69) is 0 Å². The van der Waals surface area contributed by atoms with Crippen molar-refractivity contribution >= 4 is 17.4 Å². The van der Waals surface area contributed by atoms with E-state index >= 15 is 0 Å². The van der Waals surface area contributed by atoms with Gasteiger partial charge in [-0.15, -0.1) is 0 Å². The number of rotatable bonds is 3. The van der Waals surface area contributed by atoms with Gasteiger partial charge in [0.15, 0.2) is 0 Å². The quantitative estimate of drug-likeness (QED) is 0.615. The molecule has 0 aromatic heterocycles. The van der Waals surface area contributed by atoms with Crippen molar-refractivity contribution in [2.24, 2.45) is 0 Å². The minimum atomic E-state index is 0.261. The third-order valence-corrected chi connectivity index (χ3v) is 4.72. The number of nitrogens with one attached hydrogen (secondary N) is 1. The summed E-state index contributed by atoms with van der Waals surface area (Å²) < 4.78 is 1.00. The van der Waals surface area contributed by atoms with Crippen LogP contribution in [0.1, 0.15) is 10.4 Å². The second-order valence-electron chi connectivity index (χ2n) is 5.60. The van der Waals surface area contributed by atoms with E-state index in [1.807, 2.05) is 12.1 Å². The number of benzene rings is 1. The van der Waals surface area contributed by atoms with E-state index in [1.165, 1.54) is 19.6 Å². The number of nitrogens with zero attached hydrogens (tertiary/aromatic N) is 1. The maximum Gasteiger partial charge on any atom is 0.216 e. The van der Waals surface area contributed by atoms with Crippen LogP contribution in [0.2, 0.25) is 5.02 Å². The lowest BCUT2D eigenvalue weighted by Crippen LogP contribution is -3.19. The van der Waals surface area contributed by atoms with E-state index in [0.717, 1.165) is 29.7 Å². The number of fused-ring (bicyclic) bond motifs is 3. The normalized spacial score (nSPS) is 30.4. The number of Topliss-reactive ketones (excluding diaryl/α,β-unsaturated/α-hetero) is 1. The van der Waals surface area contributed by atoms with E-state index in [9.17, 15) is 4.79 Å². The van der Waals surface area contributed by atoms with Crippen molar-refractivity contribution in [3.8, 4) is 0 Å². The zero-order valence-electron chi connectivity index (χ0n) is 10.5. The van der Waals surface area contributed by atoms with Crippen molar-refractivity contribution in [2.75, 3.05) is 45.8 Å². The molecule has 0 saturated carbocycles. The monoisotopic (exact) mass is 266 g/mol. The van der Waals surface area contributed by atoms with E-state index in [-0.39, 0.29) is 5.78 Å². The molecule has 0 spiro atoms. The fourth-order valence-electron chi connectivity index (χ4n) is 3.17. The van der Waals surface area contributed by atoms with Crippen LogP contribution >= 0.6 is 11.6 Å². The zero-order valence-corrected chi connectivity index (χ0v) is 11.2. The molecular formula is C14H19ClN2O+2. The number of quaternary nitrogens is 2. The van der Waals surface area contributed by atoms with Crippen molar-refractivity contribution in [3.05, 3.63) is 34.9 Å². The van der Waals surface area contributed by atoms with Gasteiger partial charge in [0.05, 0.1) is 0 Å². The van der Waals surface area contributed by atoms with E-state index in [4.69, 9.17) is 11.6 Å². The van der Waals surface area contributed by atoms with Gasteiger partial charge in [0.25, 0.3) is 0 Å². The number of ketones is 1. The first-order chi connectivity index (χ1) is 8.67. The molecular weight excluding hydrogens is 248 g/mol. The first-order valence-electron chi connectivity index (χ1n) is 6.64. The van der Waals surface area contributed by atoms with Crippen molar-refractivity contribution < 1.29 is 14.2 Å². The molecule has 3 heterocycles. The molecule has 3 aliphatic heterocycles. The number of hydrogen-bond donors (Lipinski definition) is 1. The Balaban J connectivity index is 1.72. The molecule has 0 amide bonds. The summed E-state index contributed by atoms with van der Waals surface area (Å²) in [6, 6.07) is 7.28. The first-order valence-corrected chi connectivity index (χ1v) is 7.02. The average Bonchev–Trinajstić information content (AvgIpc) is 2.41. The first kappa shape index (κ1) is 12.2. The molecule has 3 nitrogen and oxygen atoms in total. The Hall–Kier alpha value is -0.900. The summed E-state index contributed by atoms with van der Waals surface area (Å²) >= 11 is 5.85. The Morgan fingerprint density at radius 2 is 1.67 bits per heavy atom. The zero-order chi connectivity index (χ0) is 12.6. The lowest BCUT2D eigenvalue weighted by molar-refractivity contribution is -1.07. The molecule has 2 bridgehead atoms. The molecule has 18 heavy (non-hydrogen) atoms.